The lowest BCUT2D eigenvalue weighted by Gasteiger charge is -2.27. The van der Waals surface area contributed by atoms with Crippen LogP contribution < -0.4 is 0 Å². The molecule has 0 aromatic rings. The molecule has 0 aliphatic carbocycles. The first-order valence-electron chi connectivity index (χ1n) is 27.2. The van der Waals surface area contributed by atoms with Gasteiger partial charge < -0.3 is 9.80 Å². The maximum absolute atomic E-state index is 14.0. The molecule has 0 spiro atoms. The van der Waals surface area contributed by atoms with E-state index < -0.39 is 0 Å². The third-order valence-corrected chi connectivity index (χ3v) is 12.9. The van der Waals surface area contributed by atoms with Crippen LogP contribution in [-0.4, -0.2) is 47.8 Å². The monoisotopic (exact) mass is 817 g/mol. The minimum Gasteiger partial charge on any atom is -0.334 e. The van der Waals surface area contributed by atoms with E-state index in [1.54, 1.807) is 0 Å². The molecule has 0 fully saturated rings. The van der Waals surface area contributed by atoms with Crippen molar-refractivity contribution in [2.24, 2.45) is 0 Å². The summed E-state index contributed by atoms with van der Waals surface area (Å²) < 4.78 is 0. The summed E-state index contributed by atoms with van der Waals surface area (Å²) in [5, 5.41) is 0. The second kappa shape index (κ2) is 48.6. The molecule has 0 saturated heterocycles. The van der Waals surface area contributed by atoms with Crippen molar-refractivity contribution in [3.63, 3.8) is 0 Å². The Labute approximate surface area is 366 Å². The van der Waals surface area contributed by atoms with Gasteiger partial charge in [-0.2, -0.15) is 0 Å². The molecule has 0 saturated carbocycles. The van der Waals surface area contributed by atoms with E-state index in [1.807, 2.05) is 9.80 Å². The molecule has 0 bridgehead atoms. The Bertz CT molecular complexity index is 697. The summed E-state index contributed by atoms with van der Waals surface area (Å²) in [6.07, 6.45) is 57.5. The minimum absolute atomic E-state index is 0.203. The lowest BCUT2D eigenvalue weighted by atomic mass is 10.0. The van der Waals surface area contributed by atoms with Gasteiger partial charge in [-0.05, 0) is 25.7 Å². The zero-order valence-corrected chi connectivity index (χ0v) is 40.7. The van der Waals surface area contributed by atoms with E-state index in [-0.39, 0.29) is 11.8 Å². The SMILES string of the molecule is CCCCCCCCCCCCCN(CCCCCCCCCCCCC)C(=O)C(=O)N(CCCCCCCCCCCCC)CCCCCCCCCCCCC. The number of nitrogens with zero attached hydrogens (tertiary/aromatic N) is 2. The Kier molecular flexibility index (Phi) is 47.7. The third-order valence-electron chi connectivity index (χ3n) is 12.9. The fraction of sp³-hybridized carbons (Fsp3) is 0.963. The summed E-state index contributed by atoms with van der Waals surface area (Å²) in [4.78, 5) is 32.1. The number of carbonyl (C=O) groups is 2. The lowest BCUT2D eigenvalue weighted by molar-refractivity contribution is -0.152. The molecule has 0 N–H and O–H groups in total. The normalized spacial score (nSPS) is 11.4. The highest BCUT2D eigenvalue weighted by molar-refractivity contribution is 6.34. The van der Waals surface area contributed by atoms with Crippen molar-refractivity contribution in [2.45, 2.75) is 310 Å². The van der Waals surface area contributed by atoms with Crippen molar-refractivity contribution in [3.05, 3.63) is 0 Å². The molecule has 4 nitrogen and oxygen atoms in total. The number of amides is 2. The minimum atomic E-state index is -0.203. The first kappa shape index (κ1) is 56.9. The molecule has 0 atom stereocenters. The zero-order chi connectivity index (χ0) is 42.3. The van der Waals surface area contributed by atoms with Gasteiger partial charge in [0.25, 0.3) is 0 Å². The number of unbranched alkanes of at least 4 members (excludes halogenated alkanes) is 40. The average Bonchev–Trinajstić information content (AvgIpc) is 3.23. The highest BCUT2D eigenvalue weighted by Crippen LogP contribution is 2.17. The van der Waals surface area contributed by atoms with Gasteiger partial charge >= 0.3 is 11.8 Å². The molecule has 2 amide bonds. The first-order chi connectivity index (χ1) is 28.6. The quantitative estimate of drug-likeness (QED) is 0.0453. The summed E-state index contributed by atoms with van der Waals surface area (Å²) in [6.45, 7) is 12.2. The van der Waals surface area contributed by atoms with E-state index in [9.17, 15) is 9.59 Å². The Morgan fingerprint density at radius 2 is 0.328 bits per heavy atom. The van der Waals surface area contributed by atoms with Gasteiger partial charge in [-0.15, -0.1) is 0 Å². The molecule has 0 rings (SSSR count). The summed E-state index contributed by atoms with van der Waals surface area (Å²) >= 11 is 0. The van der Waals surface area contributed by atoms with Crippen LogP contribution in [0, 0.1) is 0 Å². The van der Waals surface area contributed by atoms with Gasteiger partial charge in [0, 0.05) is 26.2 Å². The molecule has 0 heterocycles. The van der Waals surface area contributed by atoms with Gasteiger partial charge in [-0.1, -0.05) is 285 Å². The molecule has 0 aromatic heterocycles. The van der Waals surface area contributed by atoms with E-state index >= 15 is 0 Å². The van der Waals surface area contributed by atoms with Gasteiger partial charge in [0.2, 0.25) is 0 Å². The molecule has 0 aromatic carbocycles. The molecular formula is C54H108N2O2. The molecule has 346 valence electrons. The predicted octanol–water partition coefficient (Wildman–Crippen LogP) is 17.9. The third kappa shape index (κ3) is 40.4. The molecule has 0 aliphatic heterocycles. The highest BCUT2D eigenvalue weighted by Gasteiger charge is 2.26. The molecule has 0 aliphatic rings. The average molecular weight is 817 g/mol. The van der Waals surface area contributed by atoms with E-state index in [4.69, 9.17) is 0 Å². The predicted molar refractivity (Wildman–Crippen MR) is 259 cm³/mol. The largest absolute Gasteiger partial charge is 0.334 e. The smallest absolute Gasteiger partial charge is 0.312 e. The van der Waals surface area contributed by atoms with Crippen LogP contribution in [-0.2, 0) is 9.59 Å². The van der Waals surface area contributed by atoms with E-state index in [0.29, 0.717) is 0 Å². The van der Waals surface area contributed by atoms with Crippen molar-refractivity contribution in [1.29, 1.82) is 0 Å². The van der Waals surface area contributed by atoms with E-state index in [0.717, 1.165) is 51.9 Å². The molecule has 0 unspecified atom stereocenters. The number of rotatable bonds is 48. The Balaban J connectivity index is 5.04. The van der Waals surface area contributed by atoms with Crippen LogP contribution in [0.25, 0.3) is 0 Å². The van der Waals surface area contributed by atoms with Crippen molar-refractivity contribution in [1.82, 2.24) is 9.80 Å². The standard InChI is InChI=1S/C54H108N2O2/c1-5-9-13-17-21-25-29-33-37-41-45-49-55(50-46-42-38-34-30-26-22-18-14-10-6-2)53(57)54(58)56(51-47-43-39-35-31-27-23-19-15-11-7-3)52-48-44-40-36-32-28-24-20-16-12-8-4/h5-52H2,1-4H3. The maximum atomic E-state index is 14.0. The van der Waals surface area contributed by atoms with Crippen LogP contribution in [0.5, 0.6) is 0 Å². The number of hydrogen-bond donors (Lipinski definition) is 0. The molecule has 0 radical (unpaired) electrons. The van der Waals surface area contributed by atoms with Crippen molar-refractivity contribution >= 4 is 11.8 Å². The summed E-state index contributed by atoms with van der Waals surface area (Å²) in [5.74, 6) is -0.407. The van der Waals surface area contributed by atoms with E-state index in [2.05, 4.69) is 27.7 Å². The topological polar surface area (TPSA) is 40.6 Å². The second-order valence-corrected chi connectivity index (χ2v) is 18.7. The first-order valence-corrected chi connectivity index (χ1v) is 27.2. The van der Waals surface area contributed by atoms with Crippen LogP contribution in [0.1, 0.15) is 310 Å². The lowest BCUT2D eigenvalue weighted by Crippen LogP contribution is -2.46. The van der Waals surface area contributed by atoms with Gasteiger partial charge in [-0.25, -0.2) is 0 Å². The summed E-state index contributed by atoms with van der Waals surface area (Å²) in [6, 6.07) is 0. The Hall–Kier alpha value is -1.06. The Morgan fingerprint density at radius 3 is 0.466 bits per heavy atom. The van der Waals surface area contributed by atoms with Crippen LogP contribution >= 0.6 is 0 Å². The van der Waals surface area contributed by atoms with Crippen LogP contribution in [0.4, 0.5) is 0 Å². The molecular weight excluding hydrogens is 709 g/mol. The van der Waals surface area contributed by atoms with Gasteiger partial charge in [0.15, 0.2) is 0 Å². The van der Waals surface area contributed by atoms with Gasteiger partial charge in [0.1, 0.15) is 0 Å². The van der Waals surface area contributed by atoms with Crippen molar-refractivity contribution < 1.29 is 9.59 Å². The highest BCUT2D eigenvalue weighted by atomic mass is 16.2. The van der Waals surface area contributed by atoms with Crippen LogP contribution in [0.15, 0.2) is 0 Å². The van der Waals surface area contributed by atoms with Gasteiger partial charge in [0.05, 0.1) is 0 Å². The van der Waals surface area contributed by atoms with Crippen molar-refractivity contribution in [3.8, 4) is 0 Å². The molecule has 58 heavy (non-hydrogen) atoms. The van der Waals surface area contributed by atoms with Crippen LogP contribution in [0.3, 0.4) is 0 Å². The number of carbonyl (C=O) groups excluding carboxylic acids is 2. The maximum Gasteiger partial charge on any atom is 0.312 e. The van der Waals surface area contributed by atoms with Crippen LogP contribution in [0.2, 0.25) is 0 Å². The Morgan fingerprint density at radius 1 is 0.207 bits per heavy atom. The molecule has 4 heteroatoms. The van der Waals surface area contributed by atoms with Crippen molar-refractivity contribution in [2.75, 3.05) is 26.2 Å². The van der Waals surface area contributed by atoms with E-state index in [1.165, 1.54) is 257 Å². The fourth-order valence-electron chi connectivity index (χ4n) is 8.77. The summed E-state index contributed by atoms with van der Waals surface area (Å²) in [7, 11) is 0. The van der Waals surface area contributed by atoms with Gasteiger partial charge in [-0.3, -0.25) is 9.59 Å². The second-order valence-electron chi connectivity index (χ2n) is 18.7. The zero-order valence-electron chi connectivity index (χ0n) is 40.7. The fourth-order valence-corrected chi connectivity index (χ4v) is 8.77. The summed E-state index contributed by atoms with van der Waals surface area (Å²) in [5.41, 5.74) is 0. The number of hydrogen-bond acceptors (Lipinski definition) is 2.